The van der Waals surface area contributed by atoms with Crippen molar-refractivity contribution in [2.24, 2.45) is 0 Å². The molecule has 23 heavy (non-hydrogen) atoms. The zero-order chi connectivity index (χ0) is 16.2. The number of rotatable bonds is 5. The molecule has 1 amide bonds. The summed E-state index contributed by atoms with van der Waals surface area (Å²) in [6.07, 6.45) is 4.45. The van der Waals surface area contributed by atoms with Gasteiger partial charge in [0.15, 0.2) is 0 Å². The Morgan fingerprint density at radius 2 is 2.30 bits per heavy atom. The first kappa shape index (κ1) is 15.7. The predicted molar refractivity (Wildman–Crippen MR) is 87.7 cm³/mol. The molecule has 1 aliphatic rings. The number of unbranched alkanes of at least 4 members (excludes halogenated alkanes) is 1. The number of carbonyl (C=O) groups is 1. The molecule has 1 atom stereocenters. The average Bonchev–Trinajstić information content (AvgIpc) is 3.21. The Hall–Kier alpha value is -2.17. The van der Waals surface area contributed by atoms with Crippen molar-refractivity contribution in [2.45, 2.75) is 52.0 Å². The van der Waals surface area contributed by atoms with Gasteiger partial charge >= 0.3 is 0 Å². The molecule has 122 valence electrons. The number of aryl methyl sites for hydroxylation is 1. The van der Waals surface area contributed by atoms with Crippen molar-refractivity contribution < 1.29 is 9.32 Å². The summed E-state index contributed by atoms with van der Waals surface area (Å²) in [5.41, 5.74) is 2.10. The van der Waals surface area contributed by atoms with Gasteiger partial charge in [-0.15, -0.1) is 0 Å². The molecule has 0 bridgehead atoms. The Morgan fingerprint density at radius 3 is 3.09 bits per heavy atom. The third-order valence-corrected chi connectivity index (χ3v) is 4.32. The lowest BCUT2D eigenvalue weighted by Crippen LogP contribution is -2.30. The second kappa shape index (κ2) is 6.94. The first-order valence-corrected chi connectivity index (χ1v) is 8.39. The lowest BCUT2D eigenvalue weighted by atomic mass is 10.1. The molecule has 1 unspecified atom stereocenters. The summed E-state index contributed by atoms with van der Waals surface area (Å²) in [6, 6.07) is 7.96. The minimum atomic E-state index is -0.0644. The largest absolute Gasteiger partial charge is 0.337 e. The monoisotopic (exact) mass is 313 g/mol. The van der Waals surface area contributed by atoms with Crippen LogP contribution in [0, 0.1) is 6.92 Å². The highest BCUT2D eigenvalue weighted by Gasteiger charge is 2.33. The van der Waals surface area contributed by atoms with Gasteiger partial charge in [0, 0.05) is 18.5 Å². The molecule has 0 saturated carbocycles. The molecule has 0 N–H and O–H groups in total. The highest BCUT2D eigenvalue weighted by molar-refractivity contribution is 5.76. The van der Waals surface area contributed by atoms with Crippen LogP contribution in [0.15, 0.2) is 28.8 Å². The smallest absolute Gasteiger partial charge is 0.249 e. The molecule has 1 aliphatic heterocycles. The van der Waals surface area contributed by atoms with E-state index >= 15 is 0 Å². The maximum absolute atomic E-state index is 12.3. The fourth-order valence-electron chi connectivity index (χ4n) is 3.07. The molecule has 0 spiro atoms. The lowest BCUT2D eigenvalue weighted by molar-refractivity contribution is -0.132. The summed E-state index contributed by atoms with van der Waals surface area (Å²) >= 11 is 0. The van der Waals surface area contributed by atoms with Gasteiger partial charge in [-0.05, 0) is 32.3 Å². The first-order valence-electron chi connectivity index (χ1n) is 8.39. The zero-order valence-corrected chi connectivity index (χ0v) is 13.8. The second-order valence-corrected chi connectivity index (χ2v) is 6.17. The molecule has 1 aromatic carbocycles. The maximum atomic E-state index is 12.3. The minimum Gasteiger partial charge on any atom is -0.337 e. The minimum absolute atomic E-state index is 0.0644. The van der Waals surface area contributed by atoms with Crippen molar-refractivity contribution in [1.29, 1.82) is 0 Å². The van der Waals surface area contributed by atoms with Crippen LogP contribution in [0.4, 0.5) is 0 Å². The fourth-order valence-corrected chi connectivity index (χ4v) is 3.07. The summed E-state index contributed by atoms with van der Waals surface area (Å²) < 4.78 is 5.47. The van der Waals surface area contributed by atoms with E-state index in [4.69, 9.17) is 4.52 Å². The molecule has 0 aliphatic carbocycles. The molecule has 5 nitrogen and oxygen atoms in total. The van der Waals surface area contributed by atoms with Crippen LogP contribution in [0.1, 0.15) is 56.5 Å². The molecule has 1 aromatic heterocycles. The number of nitrogens with zero attached hydrogens (tertiary/aromatic N) is 3. The van der Waals surface area contributed by atoms with Crippen LogP contribution in [-0.2, 0) is 4.79 Å². The van der Waals surface area contributed by atoms with Gasteiger partial charge in [-0.1, -0.05) is 42.3 Å². The zero-order valence-electron chi connectivity index (χ0n) is 13.8. The molecule has 2 aromatic rings. The van der Waals surface area contributed by atoms with Crippen molar-refractivity contribution in [2.75, 3.05) is 6.54 Å². The van der Waals surface area contributed by atoms with Gasteiger partial charge in [0.05, 0.1) is 0 Å². The summed E-state index contributed by atoms with van der Waals surface area (Å²) in [5, 5.41) is 4.10. The fraction of sp³-hybridized carbons (Fsp3) is 0.500. The Morgan fingerprint density at radius 1 is 1.43 bits per heavy atom. The van der Waals surface area contributed by atoms with E-state index in [1.54, 1.807) is 0 Å². The Balaban J connectivity index is 1.78. The van der Waals surface area contributed by atoms with Crippen molar-refractivity contribution in [3.05, 3.63) is 35.7 Å². The summed E-state index contributed by atoms with van der Waals surface area (Å²) in [7, 11) is 0. The van der Waals surface area contributed by atoms with Crippen LogP contribution < -0.4 is 0 Å². The summed E-state index contributed by atoms with van der Waals surface area (Å²) in [6.45, 7) is 4.92. The van der Waals surface area contributed by atoms with E-state index in [1.807, 2.05) is 36.1 Å². The first-order chi connectivity index (χ1) is 11.2. The van der Waals surface area contributed by atoms with Gasteiger partial charge in [-0.2, -0.15) is 4.98 Å². The van der Waals surface area contributed by atoms with Gasteiger partial charge in [0.2, 0.25) is 17.6 Å². The number of aromatic nitrogens is 2. The van der Waals surface area contributed by atoms with E-state index in [0.717, 1.165) is 43.4 Å². The summed E-state index contributed by atoms with van der Waals surface area (Å²) in [4.78, 5) is 18.8. The number of amides is 1. The quantitative estimate of drug-likeness (QED) is 0.840. The average molecular weight is 313 g/mol. The van der Waals surface area contributed by atoms with Crippen LogP contribution in [-0.4, -0.2) is 27.5 Å². The van der Waals surface area contributed by atoms with E-state index < -0.39 is 0 Å². The van der Waals surface area contributed by atoms with E-state index in [0.29, 0.717) is 18.1 Å². The van der Waals surface area contributed by atoms with Gasteiger partial charge in [0.25, 0.3) is 0 Å². The summed E-state index contributed by atoms with van der Waals surface area (Å²) in [5.74, 6) is 1.35. The lowest BCUT2D eigenvalue weighted by Gasteiger charge is -2.21. The van der Waals surface area contributed by atoms with Gasteiger partial charge in [0.1, 0.15) is 6.04 Å². The number of hydrogen-bond donors (Lipinski definition) is 0. The molecule has 5 heteroatoms. The van der Waals surface area contributed by atoms with E-state index in [1.165, 1.54) is 0 Å². The van der Waals surface area contributed by atoms with E-state index in [2.05, 4.69) is 17.1 Å². The SMILES string of the molecule is CCCCC(=O)N1CCCC1c1nc(-c2cccc(C)c2)no1. The Kier molecular flexibility index (Phi) is 4.74. The van der Waals surface area contributed by atoms with Crippen LogP contribution in [0.25, 0.3) is 11.4 Å². The molecular weight excluding hydrogens is 290 g/mol. The number of hydrogen-bond acceptors (Lipinski definition) is 4. The maximum Gasteiger partial charge on any atom is 0.249 e. The van der Waals surface area contributed by atoms with E-state index in [9.17, 15) is 4.79 Å². The highest BCUT2D eigenvalue weighted by atomic mass is 16.5. The number of benzene rings is 1. The van der Waals surface area contributed by atoms with Gasteiger partial charge in [-0.25, -0.2) is 0 Å². The number of carbonyl (C=O) groups excluding carboxylic acids is 1. The normalized spacial score (nSPS) is 17.7. The predicted octanol–water partition coefficient (Wildman–Crippen LogP) is 3.90. The third-order valence-electron chi connectivity index (χ3n) is 4.32. The van der Waals surface area contributed by atoms with Crippen LogP contribution in [0.5, 0.6) is 0 Å². The van der Waals surface area contributed by atoms with Gasteiger partial charge in [-0.3, -0.25) is 4.79 Å². The molecule has 1 fully saturated rings. The van der Waals surface area contributed by atoms with Crippen molar-refractivity contribution in [1.82, 2.24) is 15.0 Å². The highest BCUT2D eigenvalue weighted by Crippen LogP contribution is 2.32. The molecule has 1 saturated heterocycles. The Labute approximate surface area is 136 Å². The van der Waals surface area contributed by atoms with Crippen molar-refractivity contribution in [3.63, 3.8) is 0 Å². The molecule has 3 rings (SSSR count). The van der Waals surface area contributed by atoms with Gasteiger partial charge < -0.3 is 9.42 Å². The van der Waals surface area contributed by atoms with Crippen LogP contribution >= 0.6 is 0 Å². The number of likely N-dealkylation sites (tertiary alicyclic amines) is 1. The molecule has 0 radical (unpaired) electrons. The van der Waals surface area contributed by atoms with Crippen molar-refractivity contribution >= 4 is 5.91 Å². The third kappa shape index (κ3) is 3.44. The van der Waals surface area contributed by atoms with Crippen LogP contribution in [0.2, 0.25) is 0 Å². The standard InChI is InChI=1S/C18H23N3O2/c1-3-4-10-16(22)21-11-6-9-15(21)18-19-17(20-23-18)14-8-5-7-13(2)12-14/h5,7-8,12,15H,3-4,6,9-11H2,1-2H3. The molecular formula is C18H23N3O2. The van der Waals surface area contributed by atoms with Crippen molar-refractivity contribution in [3.8, 4) is 11.4 Å². The van der Waals surface area contributed by atoms with Crippen LogP contribution in [0.3, 0.4) is 0 Å². The van der Waals surface area contributed by atoms with E-state index in [-0.39, 0.29) is 11.9 Å². The Bertz CT molecular complexity index is 680. The second-order valence-electron chi connectivity index (χ2n) is 6.17. The topological polar surface area (TPSA) is 59.2 Å². The molecule has 2 heterocycles.